The molecule has 0 aromatic heterocycles. The third-order valence-electron chi connectivity index (χ3n) is 2.12. The van der Waals surface area contributed by atoms with Crippen LogP contribution in [0.25, 0.3) is 5.70 Å². The second-order valence-corrected chi connectivity index (χ2v) is 3.35. The topological polar surface area (TPSA) is 59.6 Å². The van der Waals surface area contributed by atoms with Gasteiger partial charge in [0.25, 0.3) is 0 Å². The fraction of sp³-hybridized carbons (Fsp3) is 0.250. The Morgan fingerprint density at radius 2 is 1.82 bits per heavy atom. The van der Waals surface area contributed by atoms with Gasteiger partial charge in [-0.3, -0.25) is 15.6 Å². The van der Waals surface area contributed by atoms with Gasteiger partial charge in [0, 0.05) is 12.5 Å². The quantitative estimate of drug-likeness (QED) is 0.757. The highest BCUT2D eigenvalue weighted by Crippen LogP contribution is 2.29. The molecule has 0 bridgehead atoms. The maximum Gasteiger partial charge on any atom is 0.235 e. The van der Waals surface area contributed by atoms with Crippen molar-refractivity contribution in [1.82, 2.24) is 10.9 Å². The number of amides is 1. The Kier molecular flexibility index (Phi) is 4.39. The van der Waals surface area contributed by atoms with E-state index in [4.69, 9.17) is 9.47 Å². The third kappa shape index (κ3) is 3.41. The fourth-order valence-electron chi connectivity index (χ4n) is 1.26. The Bertz CT molecular complexity index is 430. The normalized spacial score (nSPS) is 9.35. The number of hydrogen-bond acceptors (Lipinski definition) is 4. The SMILES string of the molecule is C=C(NNC(C)=O)c1ccc(OC)c(OC)c1. The lowest BCUT2D eigenvalue weighted by Crippen LogP contribution is -2.33. The summed E-state index contributed by atoms with van der Waals surface area (Å²) in [6.07, 6.45) is 0. The van der Waals surface area contributed by atoms with E-state index < -0.39 is 0 Å². The van der Waals surface area contributed by atoms with Crippen LogP contribution in [0.5, 0.6) is 11.5 Å². The molecule has 0 heterocycles. The molecule has 2 N–H and O–H groups in total. The average Bonchev–Trinajstić information content (AvgIpc) is 2.34. The third-order valence-corrected chi connectivity index (χ3v) is 2.12. The van der Waals surface area contributed by atoms with Gasteiger partial charge in [0.05, 0.1) is 19.9 Å². The van der Waals surface area contributed by atoms with Gasteiger partial charge < -0.3 is 9.47 Å². The zero-order chi connectivity index (χ0) is 12.8. The molecular weight excluding hydrogens is 220 g/mol. The summed E-state index contributed by atoms with van der Waals surface area (Å²) in [5.74, 6) is 1.06. The number of hydrazine groups is 1. The summed E-state index contributed by atoms with van der Waals surface area (Å²) in [5, 5.41) is 0. The molecule has 0 saturated carbocycles. The number of methoxy groups -OCH3 is 2. The molecule has 1 amide bonds. The van der Waals surface area contributed by atoms with Crippen LogP contribution in [0, 0.1) is 0 Å². The predicted octanol–water partition coefficient (Wildman–Crippen LogP) is 1.32. The summed E-state index contributed by atoms with van der Waals surface area (Å²) < 4.78 is 10.3. The minimum absolute atomic E-state index is 0.188. The molecule has 5 nitrogen and oxygen atoms in total. The molecule has 0 spiro atoms. The Hall–Kier alpha value is -2.17. The second-order valence-electron chi connectivity index (χ2n) is 3.35. The Morgan fingerprint density at radius 3 is 2.35 bits per heavy atom. The predicted molar refractivity (Wildman–Crippen MR) is 65.5 cm³/mol. The first-order chi connectivity index (χ1) is 8.08. The lowest BCUT2D eigenvalue weighted by atomic mass is 10.1. The monoisotopic (exact) mass is 236 g/mol. The lowest BCUT2D eigenvalue weighted by molar-refractivity contribution is -0.119. The number of hydrogen-bond donors (Lipinski definition) is 2. The van der Waals surface area contributed by atoms with Crippen molar-refractivity contribution in [3.8, 4) is 11.5 Å². The van der Waals surface area contributed by atoms with Gasteiger partial charge in [0.2, 0.25) is 5.91 Å². The van der Waals surface area contributed by atoms with Crippen LogP contribution in [-0.2, 0) is 4.79 Å². The number of carbonyl (C=O) groups is 1. The van der Waals surface area contributed by atoms with Crippen LogP contribution in [-0.4, -0.2) is 20.1 Å². The first-order valence-electron chi connectivity index (χ1n) is 5.02. The van der Waals surface area contributed by atoms with E-state index in [0.29, 0.717) is 17.2 Å². The van der Waals surface area contributed by atoms with Crippen molar-refractivity contribution in [2.75, 3.05) is 14.2 Å². The molecule has 92 valence electrons. The molecule has 1 rings (SSSR count). The largest absolute Gasteiger partial charge is 0.493 e. The first-order valence-corrected chi connectivity index (χ1v) is 5.02. The second kappa shape index (κ2) is 5.79. The van der Waals surface area contributed by atoms with Crippen LogP contribution in [0.3, 0.4) is 0 Å². The number of nitrogens with one attached hydrogen (secondary N) is 2. The van der Waals surface area contributed by atoms with E-state index in [0.717, 1.165) is 5.56 Å². The maximum atomic E-state index is 10.7. The highest BCUT2D eigenvalue weighted by molar-refractivity contribution is 5.74. The molecular formula is C12H16N2O3. The number of rotatable bonds is 5. The molecule has 0 fully saturated rings. The molecule has 17 heavy (non-hydrogen) atoms. The standard InChI is InChI=1S/C12H16N2O3/c1-8(13-14-9(2)15)10-5-6-11(16-3)12(7-10)17-4/h5-7,13H,1H2,2-4H3,(H,14,15). The minimum Gasteiger partial charge on any atom is -0.493 e. The first kappa shape index (κ1) is 12.9. The van der Waals surface area contributed by atoms with E-state index in [2.05, 4.69) is 17.4 Å². The van der Waals surface area contributed by atoms with Crippen molar-refractivity contribution in [3.63, 3.8) is 0 Å². The van der Waals surface area contributed by atoms with E-state index in [-0.39, 0.29) is 5.91 Å². The van der Waals surface area contributed by atoms with Crippen molar-refractivity contribution in [2.45, 2.75) is 6.92 Å². The summed E-state index contributed by atoms with van der Waals surface area (Å²) in [7, 11) is 3.13. The summed E-state index contributed by atoms with van der Waals surface area (Å²) in [4.78, 5) is 10.7. The van der Waals surface area contributed by atoms with E-state index in [9.17, 15) is 4.79 Å². The Labute approximate surface area is 100 Å². The highest BCUT2D eigenvalue weighted by Gasteiger charge is 2.06. The van der Waals surface area contributed by atoms with E-state index in [1.807, 2.05) is 6.07 Å². The van der Waals surface area contributed by atoms with Gasteiger partial charge in [-0.15, -0.1) is 0 Å². The zero-order valence-corrected chi connectivity index (χ0v) is 10.2. The molecule has 0 radical (unpaired) electrons. The van der Waals surface area contributed by atoms with Gasteiger partial charge in [0.1, 0.15) is 0 Å². The van der Waals surface area contributed by atoms with Crippen molar-refractivity contribution in [2.24, 2.45) is 0 Å². The van der Waals surface area contributed by atoms with Gasteiger partial charge >= 0.3 is 0 Å². The van der Waals surface area contributed by atoms with Crippen LogP contribution < -0.4 is 20.3 Å². The van der Waals surface area contributed by atoms with Gasteiger partial charge in [-0.1, -0.05) is 6.58 Å². The van der Waals surface area contributed by atoms with E-state index in [1.54, 1.807) is 26.4 Å². The average molecular weight is 236 g/mol. The van der Waals surface area contributed by atoms with Gasteiger partial charge in [-0.25, -0.2) is 0 Å². The molecule has 0 unspecified atom stereocenters. The zero-order valence-electron chi connectivity index (χ0n) is 10.2. The summed E-state index contributed by atoms with van der Waals surface area (Å²) >= 11 is 0. The van der Waals surface area contributed by atoms with Crippen LogP contribution >= 0.6 is 0 Å². The highest BCUT2D eigenvalue weighted by atomic mass is 16.5. The van der Waals surface area contributed by atoms with Gasteiger partial charge in [-0.2, -0.15) is 0 Å². The molecule has 0 aliphatic heterocycles. The molecule has 1 aromatic rings. The Balaban J connectivity index is 2.84. The molecule has 0 atom stereocenters. The van der Waals surface area contributed by atoms with Crippen LogP contribution in [0.15, 0.2) is 24.8 Å². The molecule has 1 aromatic carbocycles. The number of benzene rings is 1. The minimum atomic E-state index is -0.188. The smallest absolute Gasteiger partial charge is 0.235 e. The molecule has 0 aliphatic carbocycles. The molecule has 0 saturated heterocycles. The van der Waals surface area contributed by atoms with Crippen molar-refractivity contribution in [3.05, 3.63) is 30.3 Å². The maximum absolute atomic E-state index is 10.7. The van der Waals surface area contributed by atoms with E-state index in [1.165, 1.54) is 6.92 Å². The van der Waals surface area contributed by atoms with Crippen LogP contribution in [0.2, 0.25) is 0 Å². The van der Waals surface area contributed by atoms with Crippen molar-refractivity contribution < 1.29 is 14.3 Å². The number of ether oxygens (including phenoxy) is 2. The molecule has 0 aliphatic rings. The fourth-order valence-corrected chi connectivity index (χ4v) is 1.26. The van der Waals surface area contributed by atoms with Gasteiger partial charge in [0.15, 0.2) is 11.5 Å². The number of carbonyl (C=O) groups excluding carboxylic acids is 1. The summed E-state index contributed by atoms with van der Waals surface area (Å²) in [6.45, 7) is 5.22. The summed E-state index contributed by atoms with van der Waals surface area (Å²) in [5.41, 5.74) is 6.52. The van der Waals surface area contributed by atoms with Crippen molar-refractivity contribution >= 4 is 11.6 Å². The Morgan fingerprint density at radius 1 is 1.18 bits per heavy atom. The van der Waals surface area contributed by atoms with Crippen molar-refractivity contribution in [1.29, 1.82) is 0 Å². The summed E-state index contributed by atoms with van der Waals surface area (Å²) in [6, 6.07) is 5.36. The van der Waals surface area contributed by atoms with E-state index >= 15 is 0 Å². The van der Waals surface area contributed by atoms with Crippen LogP contribution in [0.4, 0.5) is 0 Å². The lowest BCUT2D eigenvalue weighted by Gasteiger charge is -2.12. The molecule has 5 heteroatoms. The van der Waals surface area contributed by atoms with Gasteiger partial charge in [-0.05, 0) is 18.2 Å². The van der Waals surface area contributed by atoms with Crippen LogP contribution in [0.1, 0.15) is 12.5 Å².